The van der Waals surface area contributed by atoms with Crippen LogP contribution in [0.15, 0.2) is 23.4 Å². The summed E-state index contributed by atoms with van der Waals surface area (Å²) in [6.07, 6.45) is 2.16. The van der Waals surface area contributed by atoms with E-state index in [0.29, 0.717) is 12.8 Å². The molecule has 0 heterocycles. The number of amidine groups is 1. The molecule has 0 bridgehead atoms. The van der Waals surface area contributed by atoms with E-state index in [1.807, 2.05) is 32.0 Å². The van der Waals surface area contributed by atoms with E-state index >= 15 is 0 Å². The first kappa shape index (κ1) is 13.4. The average Bonchev–Trinajstić information content (AvgIpc) is 2.32. The third-order valence-electron chi connectivity index (χ3n) is 3.88. The van der Waals surface area contributed by atoms with Crippen molar-refractivity contribution >= 4 is 17.4 Å². The Hall–Kier alpha value is -2.04. The number of carbonyl (C=O) groups excluding carboxylic acids is 1. The Bertz CT molecular complexity index is 533. The van der Waals surface area contributed by atoms with Crippen LogP contribution >= 0.6 is 0 Å². The highest BCUT2D eigenvalue weighted by atomic mass is 16.4. The van der Waals surface area contributed by atoms with E-state index in [0.717, 1.165) is 23.2 Å². The molecule has 1 aromatic carbocycles. The molecule has 0 saturated heterocycles. The molecule has 2 rings (SSSR count). The Labute approximate surface area is 112 Å². The van der Waals surface area contributed by atoms with Gasteiger partial charge in [0.2, 0.25) is 5.91 Å². The highest BCUT2D eigenvalue weighted by molar-refractivity contribution is 6.12. The number of amides is 1. The van der Waals surface area contributed by atoms with Crippen LogP contribution in [0, 0.1) is 19.3 Å². The Balaban J connectivity index is 2.23. The molecule has 0 aliphatic heterocycles. The molecule has 0 aromatic heterocycles. The van der Waals surface area contributed by atoms with Crippen molar-refractivity contribution in [3.8, 4) is 0 Å². The number of nitrogens with two attached hydrogens (primary N) is 1. The summed E-state index contributed by atoms with van der Waals surface area (Å²) in [6, 6.07) is 5.88. The lowest BCUT2D eigenvalue weighted by Crippen LogP contribution is -2.51. The number of benzene rings is 1. The number of aryl methyl sites for hydroxylation is 2. The van der Waals surface area contributed by atoms with Gasteiger partial charge >= 0.3 is 0 Å². The molecule has 4 N–H and O–H groups in total. The highest BCUT2D eigenvalue weighted by Crippen LogP contribution is 2.42. The maximum Gasteiger partial charge on any atom is 0.238 e. The van der Waals surface area contributed by atoms with Crippen LogP contribution < -0.4 is 11.1 Å². The van der Waals surface area contributed by atoms with Gasteiger partial charge in [-0.3, -0.25) is 4.79 Å². The van der Waals surface area contributed by atoms with E-state index in [-0.39, 0.29) is 11.7 Å². The summed E-state index contributed by atoms with van der Waals surface area (Å²) < 4.78 is 0. The fraction of sp³-hybridized carbons (Fsp3) is 0.429. The van der Waals surface area contributed by atoms with Gasteiger partial charge in [-0.15, -0.1) is 0 Å². The molecular formula is C14H19N3O2. The second kappa shape index (κ2) is 4.91. The number of nitrogens with one attached hydrogen (secondary N) is 1. The van der Waals surface area contributed by atoms with Crippen molar-refractivity contribution in [2.24, 2.45) is 16.3 Å². The van der Waals surface area contributed by atoms with Crippen molar-refractivity contribution in [1.82, 2.24) is 0 Å². The lowest BCUT2D eigenvalue weighted by Gasteiger charge is -2.38. The fourth-order valence-electron chi connectivity index (χ4n) is 2.34. The molecule has 102 valence electrons. The minimum absolute atomic E-state index is 0.00144. The summed E-state index contributed by atoms with van der Waals surface area (Å²) in [5, 5.41) is 14.7. The third-order valence-corrected chi connectivity index (χ3v) is 3.88. The molecule has 0 radical (unpaired) electrons. The maximum absolute atomic E-state index is 12.4. The van der Waals surface area contributed by atoms with Crippen LogP contribution in [0.25, 0.3) is 0 Å². The molecule has 1 aliphatic carbocycles. The molecule has 5 heteroatoms. The van der Waals surface area contributed by atoms with Gasteiger partial charge in [-0.1, -0.05) is 23.7 Å². The number of rotatable bonds is 3. The zero-order valence-electron chi connectivity index (χ0n) is 11.2. The van der Waals surface area contributed by atoms with Gasteiger partial charge in [-0.2, -0.15) is 0 Å². The van der Waals surface area contributed by atoms with Crippen molar-refractivity contribution < 1.29 is 10.0 Å². The lowest BCUT2D eigenvalue weighted by atomic mass is 9.67. The molecular weight excluding hydrogens is 242 g/mol. The van der Waals surface area contributed by atoms with Gasteiger partial charge in [-0.05, 0) is 43.9 Å². The van der Waals surface area contributed by atoms with Gasteiger partial charge in [0, 0.05) is 5.69 Å². The van der Waals surface area contributed by atoms with Crippen molar-refractivity contribution in [3.05, 3.63) is 29.3 Å². The molecule has 5 nitrogen and oxygen atoms in total. The quantitative estimate of drug-likeness (QED) is 0.337. The molecule has 0 atom stereocenters. The number of carbonyl (C=O) groups is 1. The van der Waals surface area contributed by atoms with Crippen LogP contribution in [0.2, 0.25) is 0 Å². The highest BCUT2D eigenvalue weighted by Gasteiger charge is 2.48. The topological polar surface area (TPSA) is 87.7 Å². The van der Waals surface area contributed by atoms with Gasteiger partial charge in [0.1, 0.15) is 5.41 Å². The van der Waals surface area contributed by atoms with Crippen LogP contribution in [0.1, 0.15) is 30.4 Å². The number of oxime groups is 1. The van der Waals surface area contributed by atoms with Gasteiger partial charge in [0.15, 0.2) is 5.84 Å². The van der Waals surface area contributed by atoms with E-state index in [4.69, 9.17) is 10.9 Å². The first-order chi connectivity index (χ1) is 8.99. The van der Waals surface area contributed by atoms with Crippen LogP contribution in [-0.4, -0.2) is 17.0 Å². The first-order valence-electron chi connectivity index (χ1n) is 6.36. The van der Waals surface area contributed by atoms with E-state index in [9.17, 15) is 4.79 Å². The van der Waals surface area contributed by atoms with Crippen LogP contribution in [0.5, 0.6) is 0 Å². The molecule has 1 amide bonds. The maximum atomic E-state index is 12.4. The van der Waals surface area contributed by atoms with Crippen LogP contribution in [0.4, 0.5) is 5.69 Å². The van der Waals surface area contributed by atoms with Crippen LogP contribution in [-0.2, 0) is 4.79 Å². The summed E-state index contributed by atoms with van der Waals surface area (Å²) >= 11 is 0. The van der Waals surface area contributed by atoms with E-state index in [1.54, 1.807) is 0 Å². The molecule has 1 fully saturated rings. The molecule has 1 aliphatic rings. The molecule has 1 aromatic rings. The van der Waals surface area contributed by atoms with Crippen molar-refractivity contribution in [2.45, 2.75) is 33.1 Å². The number of nitrogens with zero attached hydrogens (tertiary/aromatic N) is 1. The van der Waals surface area contributed by atoms with Crippen molar-refractivity contribution in [3.63, 3.8) is 0 Å². The Morgan fingerprint density at radius 1 is 1.42 bits per heavy atom. The average molecular weight is 261 g/mol. The minimum Gasteiger partial charge on any atom is -0.409 e. The van der Waals surface area contributed by atoms with Crippen molar-refractivity contribution in [1.29, 1.82) is 0 Å². The zero-order chi connectivity index (χ0) is 14.0. The largest absolute Gasteiger partial charge is 0.409 e. The Kier molecular flexibility index (Phi) is 3.46. The lowest BCUT2D eigenvalue weighted by molar-refractivity contribution is -0.125. The molecule has 0 spiro atoms. The van der Waals surface area contributed by atoms with Gasteiger partial charge in [0.05, 0.1) is 0 Å². The number of hydrogen-bond donors (Lipinski definition) is 3. The second-order valence-electron chi connectivity index (χ2n) is 5.19. The monoisotopic (exact) mass is 261 g/mol. The molecule has 1 saturated carbocycles. The fourth-order valence-corrected chi connectivity index (χ4v) is 2.34. The SMILES string of the molecule is Cc1ccc(C)c(NC(=O)C2(/C(N)=N/O)CCC2)c1. The first-order valence-corrected chi connectivity index (χ1v) is 6.36. The number of anilines is 1. The summed E-state index contributed by atoms with van der Waals surface area (Å²) in [4.78, 5) is 12.4. The predicted octanol–water partition coefficient (Wildman–Crippen LogP) is 2.16. The van der Waals surface area contributed by atoms with E-state index in [2.05, 4.69) is 10.5 Å². The van der Waals surface area contributed by atoms with Crippen LogP contribution in [0.3, 0.4) is 0 Å². The van der Waals surface area contributed by atoms with Gasteiger partial charge < -0.3 is 16.3 Å². The standard InChI is InChI=1S/C14H19N3O2/c1-9-4-5-10(2)11(8-9)16-13(18)14(6-3-7-14)12(15)17-19/h4-5,8,19H,3,6-7H2,1-2H3,(H2,15,17)(H,16,18). The summed E-state index contributed by atoms with van der Waals surface area (Å²) in [5.41, 5.74) is 7.68. The smallest absolute Gasteiger partial charge is 0.238 e. The minimum atomic E-state index is -0.842. The van der Waals surface area contributed by atoms with Gasteiger partial charge in [-0.25, -0.2) is 0 Å². The van der Waals surface area contributed by atoms with E-state index in [1.165, 1.54) is 0 Å². The summed E-state index contributed by atoms with van der Waals surface area (Å²) in [5.74, 6) is -0.190. The Morgan fingerprint density at radius 2 is 2.11 bits per heavy atom. The molecule has 0 unspecified atom stereocenters. The van der Waals surface area contributed by atoms with E-state index < -0.39 is 5.41 Å². The molecule has 19 heavy (non-hydrogen) atoms. The summed E-state index contributed by atoms with van der Waals surface area (Å²) in [6.45, 7) is 3.91. The Morgan fingerprint density at radius 3 is 2.63 bits per heavy atom. The number of hydrogen-bond acceptors (Lipinski definition) is 3. The van der Waals surface area contributed by atoms with Crippen molar-refractivity contribution in [2.75, 3.05) is 5.32 Å². The van der Waals surface area contributed by atoms with Gasteiger partial charge in [0.25, 0.3) is 0 Å². The predicted molar refractivity (Wildman–Crippen MR) is 74.2 cm³/mol. The normalized spacial score (nSPS) is 17.7. The zero-order valence-corrected chi connectivity index (χ0v) is 11.2. The second-order valence-corrected chi connectivity index (χ2v) is 5.19. The third kappa shape index (κ3) is 2.28. The summed E-state index contributed by atoms with van der Waals surface area (Å²) in [7, 11) is 0.